The molecular weight excluding hydrogens is 376 g/mol. The molecule has 1 saturated carbocycles. The number of methoxy groups -OCH3 is 2. The number of esters is 1. The van der Waals surface area contributed by atoms with Crippen LogP contribution in [0.2, 0.25) is 0 Å². The molecule has 8 nitrogen and oxygen atoms in total. The summed E-state index contributed by atoms with van der Waals surface area (Å²) in [5.41, 5.74) is 0.624. The van der Waals surface area contributed by atoms with Crippen LogP contribution in [-0.2, 0) is 19.1 Å². The molecule has 2 amide bonds. The number of hydrogen-bond acceptors (Lipinski definition) is 7. The van der Waals surface area contributed by atoms with Crippen molar-refractivity contribution in [1.29, 1.82) is 0 Å². The van der Waals surface area contributed by atoms with E-state index in [-0.39, 0.29) is 35.5 Å². The van der Waals surface area contributed by atoms with Crippen LogP contribution in [0.1, 0.15) is 18.9 Å². The third-order valence-electron chi connectivity index (χ3n) is 5.79. The molecule has 0 unspecified atom stereocenters. The maximum absolute atomic E-state index is 12.7. The van der Waals surface area contributed by atoms with Gasteiger partial charge in [-0.1, -0.05) is 12.2 Å². The summed E-state index contributed by atoms with van der Waals surface area (Å²) >= 11 is 0. The zero-order valence-corrected chi connectivity index (χ0v) is 16.4. The van der Waals surface area contributed by atoms with E-state index in [4.69, 9.17) is 9.47 Å². The first-order valence-electron chi connectivity index (χ1n) is 9.47. The standard InChI is InChI=1S/C21H22N2O6/c1-11(21(26)28-3)29-15-7-4-12(8-16(15)27-2)10-22-23-19(24)17-13-5-6-14(9-13)18(17)20(23)25/h4-8,10-11,13-14,17-18H,9H2,1-3H3/t11-,13-,14-,17-,18+/m0/s1. The van der Waals surface area contributed by atoms with Gasteiger partial charge in [0.2, 0.25) is 0 Å². The van der Waals surface area contributed by atoms with Gasteiger partial charge < -0.3 is 14.2 Å². The number of amides is 2. The van der Waals surface area contributed by atoms with E-state index in [1.165, 1.54) is 20.4 Å². The number of benzene rings is 1. The van der Waals surface area contributed by atoms with Crippen molar-refractivity contribution in [2.45, 2.75) is 19.4 Å². The van der Waals surface area contributed by atoms with Gasteiger partial charge in [0.1, 0.15) is 0 Å². The van der Waals surface area contributed by atoms with Gasteiger partial charge >= 0.3 is 5.97 Å². The summed E-state index contributed by atoms with van der Waals surface area (Å²) in [5.74, 6) is -0.461. The van der Waals surface area contributed by atoms with Gasteiger partial charge in [0, 0.05) is 0 Å². The molecule has 4 rings (SSSR count). The minimum Gasteiger partial charge on any atom is -0.493 e. The highest BCUT2D eigenvalue weighted by atomic mass is 16.6. The van der Waals surface area contributed by atoms with Crippen molar-refractivity contribution in [2.24, 2.45) is 28.8 Å². The van der Waals surface area contributed by atoms with Crippen molar-refractivity contribution in [2.75, 3.05) is 14.2 Å². The number of imide groups is 1. The number of rotatable bonds is 6. The molecular formula is C21H22N2O6. The molecule has 1 aliphatic heterocycles. The zero-order chi connectivity index (χ0) is 20.7. The fourth-order valence-corrected chi connectivity index (χ4v) is 4.39. The summed E-state index contributed by atoms with van der Waals surface area (Å²) in [6, 6.07) is 4.98. The number of hydrogen-bond donors (Lipinski definition) is 0. The van der Waals surface area contributed by atoms with Gasteiger partial charge in [-0.3, -0.25) is 9.59 Å². The van der Waals surface area contributed by atoms with Gasteiger partial charge in [-0.05, 0) is 48.9 Å². The third-order valence-corrected chi connectivity index (χ3v) is 5.79. The molecule has 3 aliphatic rings. The van der Waals surface area contributed by atoms with Crippen LogP contribution in [0.15, 0.2) is 35.5 Å². The van der Waals surface area contributed by atoms with Gasteiger partial charge in [0.15, 0.2) is 17.6 Å². The van der Waals surface area contributed by atoms with Crippen LogP contribution < -0.4 is 9.47 Å². The second kappa shape index (κ2) is 7.35. The van der Waals surface area contributed by atoms with Crippen molar-refractivity contribution in [1.82, 2.24) is 5.01 Å². The quantitative estimate of drug-likeness (QED) is 0.314. The summed E-state index contributed by atoms with van der Waals surface area (Å²) in [7, 11) is 2.76. The smallest absolute Gasteiger partial charge is 0.346 e. The first-order valence-corrected chi connectivity index (χ1v) is 9.47. The van der Waals surface area contributed by atoms with E-state index in [2.05, 4.69) is 9.84 Å². The third kappa shape index (κ3) is 3.18. The number of ether oxygens (including phenoxy) is 3. The van der Waals surface area contributed by atoms with Crippen molar-refractivity contribution < 1.29 is 28.6 Å². The van der Waals surface area contributed by atoms with Crippen LogP contribution in [0.25, 0.3) is 0 Å². The molecule has 2 aliphatic carbocycles. The number of fused-ring (bicyclic) bond motifs is 5. The Hall–Kier alpha value is -3.16. The van der Waals surface area contributed by atoms with Gasteiger partial charge in [-0.2, -0.15) is 10.1 Å². The summed E-state index contributed by atoms with van der Waals surface area (Å²) in [6.45, 7) is 1.57. The van der Waals surface area contributed by atoms with Crippen LogP contribution >= 0.6 is 0 Å². The molecule has 2 bridgehead atoms. The van der Waals surface area contributed by atoms with Gasteiger partial charge in [0.05, 0.1) is 32.3 Å². The molecule has 0 spiro atoms. The lowest BCUT2D eigenvalue weighted by Crippen LogP contribution is -2.28. The van der Waals surface area contributed by atoms with Gasteiger partial charge in [0.25, 0.3) is 11.8 Å². The Morgan fingerprint density at radius 2 is 1.79 bits per heavy atom. The minimum atomic E-state index is -0.795. The van der Waals surface area contributed by atoms with Crippen molar-refractivity contribution >= 4 is 24.0 Å². The van der Waals surface area contributed by atoms with E-state index >= 15 is 0 Å². The monoisotopic (exact) mass is 398 g/mol. The average Bonchev–Trinajstić information content (AvgIpc) is 3.41. The molecule has 29 heavy (non-hydrogen) atoms. The summed E-state index contributed by atoms with van der Waals surface area (Å²) < 4.78 is 15.5. The topological polar surface area (TPSA) is 94.5 Å². The van der Waals surface area contributed by atoms with Crippen LogP contribution in [0.5, 0.6) is 11.5 Å². The second-order valence-corrected chi connectivity index (χ2v) is 7.43. The molecule has 0 aromatic heterocycles. The van der Waals surface area contributed by atoms with E-state index in [1.54, 1.807) is 25.1 Å². The molecule has 0 radical (unpaired) electrons. The molecule has 0 N–H and O–H groups in total. The maximum atomic E-state index is 12.7. The van der Waals surface area contributed by atoms with Crippen molar-refractivity contribution in [3.8, 4) is 11.5 Å². The summed E-state index contributed by atoms with van der Waals surface area (Å²) in [6.07, 6.45) is 5.62. The molecule has 1 heterocycles. The van der Waals surface area contributed by atoms with Gasteiger partial charge in [-0.15, -0.1) is 0 Å². The van der Waals surface area contributed by atoms with Crippen LogP contribution in [0.3, 0.4) is 0 Å². The fourth-order valence-electron chi connectivity index (χ4n) is 4.39. The van der Waals surface area contributed by atoms with Crippen LogP contribution in [0.4, 0.5) is 0 Å². The SMILES string of the molecule is COC(=O)[C@H](C)Oc1ccc(C=NN2C(=O)[C@@H]3[C@H](C2=O)[C@H]2C=C[C@H]3C2)cc1OC. The average molecular weight is 398 g/mol. The first-order chi connectivity index (χ1) is 13.9. The maximum Gasteiger partial charge on any atom is 0.346 e. The molecule has 1 aromatic rings. The highest BCUT2D eigenvalue weighted by Gasteiger charge is 2.59. The number of carbonyl (C=O) groups excluding carboxylic acids is 3. The number of allylic oxidation sites excluding steroid dienone is 2. The Labute approximate surface area is 168 Å². The molecule has 1 saturated heterocycles. The Balaban J connectivity index is 1.50. The molecule has 1 aromatic carbocycles. The highest BCUT2D eigenvalue weighted by Crippen LogP contribution is 2.52. The van der Waals surface area contributed by atoms with Crippen molar-refractivity contribution in [3.05, 3.63) is 35.9 Å². The Morgan fingerprint density at radius 3 is 2.38 bits per heavy atom. The highest BCUT2D eigenvalue weighted by molar-refractivity contribution is 6.06. The fraction of sp³-hybridized carbons (Fsp3) is 0.429. The van der Waals surface area contributed by atoms with E-state index in [9.17, 15) is 14.4 Å². The normalized spacial score (nSPS) is 28.2. The molecule has 8 heteroatoms. The number of hydrazone groups is 1. The Morgan fingerprint density at radius 1 is 1.14 bits per heavy atom. The van der Waals surface area contributed by atoms with E-state index in [1.807, 2.05) is 12.2 Å². The lowest BCUT2D eigenvalue weighted by Gasteiger charge is -2.15. The summed E-state index contributed by atoms with van der Waals surface area (Å²) in [4.78, 5) is 36.9. The van der Waals surface area contributed by atoms with E-state index < -0.39 is 12.1 Å². The minimum absolute atomic E-state index is 0.148. The number of nitrogens with zero attached hydrogens (tertiary/aromatic N) is 2. The molecule has 152 valence electrons. The Bertz CT molecular complexity index is 894. The predicted octanol–water partition coefficient (Wildman–Crippen LogP) is 1.78. The van der Waals surface area contributed by atoms with Crippen LogP contribution in [0, 0.1) is 23.7 Å². The van der Waals surface area contributed by atoms with Crippen LogP contribution in [-0.4, -0.2) is 49.3 Å². The van der Waals surface area contributed by atoms with Crippen molar-refractivity contribution in [3.63, 3.8) is 0 Å². The number of carbonyl (C=O) groups is 3. The van der Waals surface area contributed by atoms with E-state index in [0.29, 0.717) is 17.1 Å². The van der Waals surface area contributed by atoms with E-state index in [0.717, 1.165) is 11.4 Å². The molecule has 2 fully saturated rings. The largest absolute Gasteiger partial charge is 0.493 e. The zero-order valence-electron chi connectivity index (χ0n) is 16.4. The first kappa shape index (κ1) is 19.2. The molecule has 5 atom stereocenters. The Kier molecular flexibility index (Phi) is 4.86. The lowest BCUT2D eigenvalue weighted by atomic mass is 9.85. The predicted molar refractivity (Wildman–Crippen MR) is 102 cm³/mol. The summed E-state index contributed by atoms with van der Waals surface area (Å²) in [5, 5.41) is 5.15. The van der Waals surface area contributed by atoms with Gasteiger partial charge in [-0.25, -0.2) is 4.79 Å². The lowest BCUT2D eigenvalue weighted by molar-refractivity contribution is -0.148. The second-order valence-electron chi connectivity index (χ2n) is 7.43.